The summed E-state index contributed by atoms with van der Waals surface area (Å²) in [7, 11) is 0. The van der Waals surface area contributed by atoms with Crippen molar-refractivity contribution in [1.29, 1.82) is 0 Å². The molecule has 0 spiro atoms. The van der Waals surface area contributed by atoms with E-state index in [4.69, 9.17) is 9.26 Å². The topological polar surface area (TPSA) is 92.9 Å². The third-order valence-corrected chi connectivity index (χ3v) is 4.99. The van der Waals surface area contributed by atoms with Crippen molar-refractivity contribution >= 4 is 34.9 Å². The molecule has 0 atom stereocenters. The molecule has 3 aromatic rings. The highest BCUT2D eigenvalue weighted by atomic mass is 32.1. The van der Waals surface area contributed by atoms with Crippen LogP contribution in [0.15, 0.2) is 52.4 Å². The number of carbonyl (C=O) groups is 3. The third kappa shape index (κ3) is 3.05. The van der Waals surface area contributed by atoms with Crippen LogP contribution in [-0.2, 0) is 16.1 Å². The molecule has 0 saturated carbocycles. The second-order valence-corrected chi connectivity index (χ2v) is 6.82. The number of rotatable bonds is 6. The van der Waals surface area contributed by atoms with Crippen molar-refractivity contribution in [3.8, 4) is 16.4 Å². The molecule has 0 N–H and O–H groups in total. The molecular weight excluding hydrogens is 382 g/mol. The molecule has 0 bridgehead atoms. The molecule has 0 unspecified atom stereocenters. The smallest absolute Gasteiger partial charge is 0.339 e. The Balaban J connectivity index is 1.59. The lowest BCUT2D eigenvalue weighted by molar-refractivity contribution is -0.139. The van der Waals surface area contributed by atoms with Crippen LogP contribution in [0.1, 0.15) is 12.6 Å². The molecule has 2 aromatic heterocycles. The summed E-state index contributed by atoms with van der Waals surface area (Å²) in [6, 6.07) is 11.2. The van der Waals surface area contributed by atoms with Crippen LogP contribution in [0.3, 0.4) is 0 Å². The van der Waals surface area contributed by atoms with Crippen molar-refractivity contribution in [3.63, 3.8) is 0 Å². The molecule has 28 heavy (non-hydrogen) atoms. The predicted octanol–water partition coefficient (Wildman–Crippen LogP) is 3.30. The molecule has 0 aliphatic carbocycles. The van der Waals surface area contributed by atoms with Gasteiger partial charge in [-0.15, -0.1) is 11.3 Å². The van der Waals surface area contributed by atoms with E-state index in [2.05, 4.69) is 5.16 Å². The number of imide groups is 2. The van der Waals surface area contributed by atoms with Crippen molar-refractivity contribution in [2.45, 2.75) is 13.5 Å². The van der Waals surface area contributed by atoms with Crippen molar-refractivity contribution in [2.75, 3.05) is 11.5 Å². The fraction of sp³-hybridized carbons (Fsp3) is 0.158. The molecule has 1 aliphatic rings. The number of benzene rings is 1. The molecule has 0 radical (unpaired) electrons. The Morgan fingerprint density at radius 3 is 2.68 bits per heavy atom. The van der Waals surface area contributed by atoms with Crippen LogP contribution in [-0.4, -0.2) is 34.5 Å². The molecular formula is C19H15N3O5S. The fourth-order valence-corrected chi connectivity index (χ4v) is 3.53. The van der Waals surface area contributed by atoms with Crippen LogP contribution in [0, 0.1) is 0 Å². The molecule has 1 aromatic carbocycles. The summed E-state index contributed by atoms with van der Waals surface area (Å²) in [6.45, 7) is 1.98. The molecule has 1 aliphatic heterocycles. The van der Waals surface area contributed by atoms with Crippen molar-refractivity contribution in [2.24, 2.45) is 0 Å². The first-order valence-electron chi connectivity index (χ1n) is 8.51. The molecule has 3 heterocycles. The highest BCUT2D eigenvalue weighted by molar-refractivity contribution is 7.13. The Hall–Kier alpha value is -3.46. The molecule has 4 rings (SSSR count). The lowest BCUT2D eigenvalue weighted by atomic mass is 10.2. The zero-order valence-corrected chi connectivity index (χ0v) is 15.6. The van der Waals surface area contributed by atoms with E-state index in [1.807, 2.05) is 17.5 Å². The van der Waals surface area contributed by atoms with E-state index in [1.54, 1.807) is 37.3 Å². The average molecular weight is 397 g/mol. The molecule has 1 fully saturated rings. The number of hydrogen-bond donors (Lipinski definition) is 0. The van der Waals surface area contributed by atoms with Gasteiger partial charge in [-0.3, -0.25) is 9.59 Å². The normalized spacial score (nSPS) is 14.2. The van der Waals surface area contributed by atoms with E-state index in [1.165, 1.54) is 11.3 Å². The van der Waals surface area contributed by atoms with Gasteiger partial charge in [0.1, 0.15) is 11.4 Å². The number of anilines is 1. The van der Waals surface area contributed by atoms with Gasteiger partial charge < -0.3 is 9.26 Å². The Bertz CT molecular complexity index is 1040. The second kappa shape index (κ2) is 7.28. The summed E-state index contributed by atoms with van der Waals surface area (Å²) < 4.78 is 10.7. The highest BCUT2D eigenvalue weighted by Gasteiger charge is 2.46. The van der Waals surface area contributed by atoms with E-state index in [0.29, 0.717) is 23.8 Å². The number of aromatic nitrogens is 1. The zero-order chi connectivity index (χ0) is 19.7. The van der Waals surface area contributed by atoms with Crippen LogP contribution in [0.25, 0.3) is 10.6 Å². The predicted molar refractivity (Wildman–Crippen MR) is 101 cm³/mol. The highest BCUT2D eigenvalue weighted by Crippen LogP contribution is 2.32. The van der Waals surface area contributed by atoms with Crippen molar-refractivity contribution in [3.05, 3.63) is 53.5 Å². The lowest BCUT2D eigenvalue weighted by Crippen LogP contribution is -2.33. The number of nitrogens with zero attached hydrogens (tertiary/aromatic N) is 3. The van der Waals surface area contributed by atoms with Gasteiger partial charge in [0.05, 0.1) is 23.7 Å². The van der Waals surface area contributed by atoms with Crippen molar-refractivity contribution < 1.29 is 23.6 Å². The minimum Gasteiger partial charge on any atom is -0.492 e. The van der Waals surface area contributed by atoms with Gasteiger partial charge in [0.15, 0.2) is 5.76 Å². The number of para-hydroxylation sites is 2. The minimum absolute atomic E-state index is 0.161. The van der Waals surface area contributed by atoms with Gasteiger partial charge in [-0.1, -0.05) is 23.4 Å². The number of urea groups is 1. The molecule has 9 heteroatoms. The zero-order valence-electron chi connectivity index (χ0n) is 14.8. The van der Waals surface area contributed by atoms with E-state index in [9.17, 15) is 14.4 Å². The number of carbonyl (C=O) groups excluding carboxylic acids is 3. The van der Waals surface area contributed by atoms with E-state index in [0.717, 1.165) is 14.7 Å². The Labute approximate surface area is 163 Å². The van der Waals surface area contributed by atoms with E-state index < -0.39 is 17.8 Å². The maximum atomic E-state index is 12.8. The van der Waals surface area contributed by atoms with Crippen molar-refractivity contribution in [1.82, 2.24) is 10.1 Å². The number of hydrogen-bond acceptors (Lipinski definition) is 7. The summed E-state index contributed by atoms with van der Waals surface area (Å²) in [5.41, 5.74) is 0.604. The monoisotopic (exact) mass is 397 g/mol. The standard InChI is InChI=1S/C19H15N3O5S/c1-2-26-14-7-4-3-6-13(14)22-18(24)17(23)21(19(22)25)11-12-10-15(27-20-12)16-8-5-9-28-16/h3-10H,2,11H2,1H3. The quantitative estimate of drug-likeness (QED) is 0.468. The molecule has 8 nitrogen and oxygen atoms in total. The van der Waals surface area contributed by atoms with Gasteiger partial charge >= 0.3 is 17.8 Å². The van der Waals surface area contributed by atoms with E-state index >= 15 is 0 Å². The largest absolute Gasteiger partial charge is 0.492 e. The summed E-state index contributed by atoms with van der Waals surface area (Å²) in [5, 5.41) is 5.81. The Morgan fingerprint density at radius 1 is 1.11 bits per heavy atom. The maximum absolute atomic E-state index is 12.8. The average Bonchev–Trinajstić information content (AvgIpc) is 3.42. The molecule has 142 valence electrons. The first-order valence-corrected chi connectivity index (χ1v) is 9.39. The first kappa shape index (κ1) is 17.9. The molecule has 1 saturated heterocycles. The van der Waals surface area contributed by atoms with Gasteiger partial charge in [-0.25, -0.2) is 14.6 Å². The van der Waals surface area contributed by atoms with Crippen LogP contribution in [0.5, 0.6) is 5.75 Å². The number of thiophene rings is 1. The third-order valence-electron chi connectivity index (χ3n) is 4.10. The van der Waals surface area contributed by atoms with Gasteiger partial charge in [0, 0.05) is 6.07 Å². The summed E-state index contributed by atoms with van der Waals surface area (Å²) in [4.78, 5) is 40.3. The van der Waals surface area contributed by atoms with Gasteiger partial charge in [0.2, 0.25) is 0 Å². The molecule has 4 amide bonds. The van der Waals surface area contributed by atoms with Gasteiger partial charge in [-0.2, -0.15) is 0 Å². The fourth-order valence-electron chi connectivity index (χ4n) is 2.86. The number of amides is 4. The lowest BCUT2D eigenvalue weighted by Gasteiger charge is -2.17. The van der Waals surface area contributed by atoms with Crippen LogP contribution in [0.2, 0.25) is 0 Å². The SMILES string of the molecule is CCOc1ccccc1N1C(=O)C(=O)N(Cc2cc(-c3cccs3)on2)C1=O. The Kier molecular flexibility index (Phi) is 4.66. The number of ether oxygens (including phenoxy) is 1. The van der Waals surface area contributed by atoms with Crippen LogP contribution >= 0.6 is 11.3 Å². The Morgan fingerprint density at radius 2 is 1.93 bits per heavy atom. The summed E-state index contributed by atoms with van der Waals surface area (Å²) in [6.07, 6.45) is 0. The summed E-state index contributed by atoms with van der Waals surface area (Å²) >= 11 is 1.48. The second-order valence-electron chi connectivity index (χ2n) is 5.87. The van der Waals surface area contributed by atoms with Gasteiger partial charge in [0.25, 0.3) is 0 Å². The van der Waals surface area contributed by atoms with Gasteiger partial charge in [-0.05, 0) is 30.5 Å². The summed E-state index contributed by atoms with van der Waals surface area (Å²) in [5.74, 6) is -0.965. The van der Waals surface area contributed by atoms with E-state index in [-0.39, 0.29) is 12.2 Å². The van der Waals surface area contributed by atoms with Crippen LogP contribution < -0.4 is 9.64 Å². The van der Waals surface area contributed by atoms with Crippen LogP contribution in [0.4, 0.5) is 10.5 Å². The minimum atomic E-state index is -0.931. The maximum Gasteiger partial charge on any atom is 0.339 e. The first-order chi connectivity index (χ1) is 13.6.